The van der Waals surface area contributed by atoms with Crippen LogP contribution in [0.1, 0.15) is 226 Å². The van der Waals surface area contributed by atoms with E-state index >= 15 is 0 Å². The lowest BCUT2D eigenvalue weighted by Gasteiger charge is -2.18. The molecule has 0 aliphatic heterocycles. The van der Waals surface area contributed by atoms with Crippen molar-refractivity contribution in [3.63, 3.8) is 0 Å². The Morgan fingerprint density at radius 3 is 0.985 bits per heavy atom. The molecule has 65 heavy (non-hydrogen) atoms. The van der Waals surface area contributed by atoms with Gasteiger partial charge >= 0.3 is 17.9 Å². The first-order chi connectivity index (χ1) is 32.0. The van der Waals surface area contributed by atoms with E-state index in [1.54, 1.807) is 0 Å². The predicted molar refractivity (Wildman–Crippen MR) is 279 cm³/mol. The normalized spacial score (nSPS) is 12.6. The molecule has 0 amide bonds. The molecule has 0 rings (SSSR count). The van der Waals surface area contributed by atoms with E-state index in [0.717, 1.165) is 96.3 Å². The molecule has 0 aliphatic carbocycles. The summed E-state index contributed by atoms with van der Waals surface area (Å²) in [5.41, 5.74) is 0. The molecule has 0 N–H and O–H groups in total. The Bertz CT molecular complexity index is 1280. The standard InChI is InChI=1S/C59H96O6/c1-4-7-10-13-16-19-22-25-28-29-32-35-38-41-44-47-50-53-59(62)65-56(54-63-57(60)51-48-45-42-39-36-33-30-26-23-20-17-14-11-8-5-2)55-64-58(61)52-49-46-43-40-37-34-31-27-24-21-18-15-12-9-6-3/h8-9,11-12,17-18,20-21,25-28,30-31,36-37,39-40,56H,4-7,10,13-16,19,22-24,29,32-35,38,41-55H2,1-3H3/b11-8-,12-9-,20-17-,21-18-,28-25-,30-26-,31-27-,39-36-,40-37-. The highest BCUT2D eigenvalue weighted by molar-refractivity contribution is 5.71. The van der Waals surface area contributed by atoms with Crippen LogP contribution >= 0.6 is 0 Å². The monoisotopic (exact) mass is 901 g/mol. The number of allylic oxidation sites excluding steroid dienone is 18. The zero-order chi connectivity index (χ0) is 47.2. The molecule has 0 fully saturated rings. The molecule has 0 heterocycles. The van der Waals surface area contributed by atoms with Crippen molar-refractivity contribution in [1.29, 1.82) is 0 Å². The number of carbonyl (C=O) groups is 3. The molecule has 0 aromatic heterocycles. The lowest BCUT2D eigenvalue weighted by Crippen LogP contribution is -2.30. The van der Waals surface area contributed by atoms with Gasteiger partial charge in [0.2, 0.25) is 0 Å². The van der Waals surface area contributed by atoms with Crippen LogP contribution in [-0.4, -0.2) is 37.2 Å². The van der Waals surface area contributed by atoms with Gasteiger partial charge in [-0.15, -0.1) is 0 Å². The third-order valence-corrected chi connectivity index (χ3v) is 10.7. The summed E-state index contributed by atoms with van der Waals surface area (Å²) in [7, 11) is 0. The lowest BCUT2D eigenvalue weighted by molar-refractivity contribution is -0.167. The molecule has 0 saturated heterocycles. The van der Waals surface area contributed by atoms with E-state index in [9.17, 15) is 14.4 Å². The highest BCUT2D eigenvalue weighted by Gasteiger charge is 2.19. The maximum atomic E-state index is 12.8. The maximum absolute atomic E-state index is 12.8. The van der Waals surface area contributed by atoms with Crippen molar-refractivity contribution in [2.24, 2.45) is 0 Å². The molecule has 0 atom stereocenters. The van der Waals surface area contributed by atoms with Gasteiger partial charge in [-0.05, 0) is 122 Å². The predicted octanol–water partition coefficient (Wildman–Crippen LogP) is 17.5. The average molecular weight is 901 g/mol. The number of rotatable bonds is 46. The number of hydrogen-bond acceptors (Lipinski definition) is 6. The summed E-state index contributed by atoms with van der Waals surface area (Å²) >= 11 is 0. The van der Waals surface area contributed by atoms with Gasteiger partial charge in [0.15, 0.2) is 6.10 Å². The minimum atomic E-state index is -0.816. The van der Waals surface area contributed by atoms with Crippen molar-refractivity contribution in [3.05, 3.63) is 109 Å². The van der Waals surface area contributed by atoms with Gasteiger partial charge in [-0.1, -0.05) is 194 Å². The van der Waals surface area contributed by atoms with Gasteiger partial charge in [-0.25, -0.2) is 0 Å². The lowest BCUT2D eigenvalue weighted by atomic mass is 10.1. The molecule has 6 heteroatoms. The number of hydrogen-bond donors (Lipinski definition) is 0. The van der Waals surface area contributed by atoms with Crippen molar-refractivity contribution in [2.45, 2.75) is 232 Å². The molecule has 0 saturated carbocycles. The van der Waals surface area contributed by atoms with Crippen molar-refractivity contribution < 1.29 is 28.6 Å². The van der Waals surface area contributed by atoms with Gasteiger partial charge in [0.1, 0.15) is 13.2 Å². The highest BCUT2D eigenvalue weighted by atomic mass is 16.6. The fraction of sp³-hybridized carbons (Fsp3) is 0.644. The van der Waals surface area contributed by atoms with Crippen LogP contribution in [0.4, 0.5) is 0 Å². The highest BCUT2D eigenvalue weighted by Crippen LogP contribution is 2.13. The molecule has 0 radical (unpaired) electrons. The van der Waals surface area contributed by atoms with Gasteiger partial charge < -0.3 is 14.2 Å². The maximum Gasteiger partial charge on any atom is 0.306 e. The summed E-state index contributed by atoms with van der Waals surface area (Å²) in [5, 5.41) is 0. The summed E-state index contributed by atoms with van der Waals surface area (Å²) < 4.78 is 16.7. The van der Waals surface area contributed by atoms with Crippen LogP contribution in [0.3, 0.4) is 0 Å². The molecule has 0 aromatic carbocycles. The van der Waals surface area contributed by atoms with Crippen LogP contribution in [0.25, 0.3) is 0 Å². The summed E-state index contributed by atoms with van der Waals surface area (Å²) in [6.07, 6.45) is 70.8. The van der Waals surface area contributed by atoms with Crippen molar-refractivity contribution in [1.82, 2.24) is 0 Å². The summed E-state index contributed by atoms with van der Waals surface area (Å²) in [6.45, 7) is 6.32. The van der Waals surface area contributed by atoms with E-state index in [-0.39, 0.29) is 31.1 Å². The summed E-state index contributed by atoms with van der Waals surface area (Å²) in [5.74, 6) is -1.00. The molecule has 0 aromatic rings. The topological polar surface area (TPSA) is 78.9 Å². The molecule has 0 unspecified atom stereocenters. The zero-order valence-electron chi connectivity index (χ0n) is 42.0. The number of unbranched alkanes of at least 4 members (excludes halogenated alkanes) is 17. The summed E-state index contributed by atoms with van der Waals surface area (Å²) in [6, 6.07) is 0. The van der Waals surface area contributed by atoms with E-state index < -0.39 is 6.10 Å². The Balaban J connectivity index is 4.53. The quantitative estimate of drug-likeness (QED) is 0.0262. The molecule has 368 valence electrons. The van der Waals surface area contributed by atoms with E-state index in [2.05, 4.69) is 130 Å². The van der Waals surface area contributed by atoms with E-state index in [0.29, 0.717) is 32.1 Å². The van der Waals surface area contributed by atoms with Gasteiger partial charge in [-0.2, -0.15) is 0 Å². The Kier molecular flexibility index (Phi) is 49.5. The first-order valence-electron chi connectivity index (χ1n) is 26.4. The fourth-order valence-electron chi connectivity index (χ4n) is 6.83. The second kappa shape index (κ2) is 52.7. The van der Waals surface area contributed by atoms with Crippen LogP contribution in [0.5, 0.6) is 0 Å². The first kappa shape index (κ1) is 61.1. The van der Waals surface area contributed by atoms with Crippen LogP contribution < -0.4 is 0 Å². The van der Waals surface area contributed by atoms with Crippen LogP contribution in [0.15, 0.2) is 109 Å². The van der Waals surface area contributed by atoms with Crippen LogP contribution in [0.2, 0.25) is 0 Å². The Morgan fingerprint density at radius 1 is 0.323 bits per heavy atom. The van der Waals surface area contributed by atoms with Gasteiger partial charge in [0.25, 0.3) is 0 Å². The van der Waals surface area contributed by atoms with E-state index in [4.69, 9.17) is 14.2 Å². The van der Waals surface area contributed by atoms with Crippen LogP contribution in [-0.2, 0) is 28.6 Å². The van der Waals surface area contributed by atoms with Gasteiger partial charge in [0, 0.05) is 19.3 Å². The molecular weight excluding hydrogens is 805 g/mol. The Labute approximate surface area is 400 Å². The second-order valence-electron chi connectivity index (χ2n) is 17.0. The van der Waals surface area contributed by atoms with Crippen molar-refractivity contribution in [2.75, 3.05) is 13.2 Å². The average Bonchev–Trinajstić information content (AvgIpc) is 3.30. The van der Waals surface area contributed by atoms with Crippen LogP contribution in [0, 0.1) is 0 Å². The van der Waals surface area contributed by atoms with Crippen molar-refractivity contribution in [3.8, 4) is 0 Å². The van der Waals surface area contributed by atoms with E-state index in [1.807, 2.05) is 0 Å². The third-order valence-electron chi connectivity index (χ3n) is 10.7. The molecule has 6 nitrogen and oxygen atoms in total. The molecule has 0 spiro atoms. The SMILES string of the molecule is CC/C=C\C/C=C\C/C=C\C/C=C\CCCCC(=O)OCC(COC(=O)CCCC/C=C\C/C=C\C/C=C\C/C=C\CC)OC(=O)CCCCCCCCC/C=C\CCCCCCCC. The zero-order valence-corrected chi connectivity index (χ0v) is 42.0. The third kappa shape index (κ3) is 50.9. The number of ether oxygens (including phenoxy) is 3. The minimum absolute atomic E-state index is 0.116. The molecule has 0 bridgehead atoms. The van der Waals surface area contributed by atoms with Crippen molar-refractivity contribution >= 4 is 17.9 Å². The van der Waals surface area contributed by atoms with Gasteiger partial charge in [0.05, 0.1) is 0 Å². The fourth-order valence-corrected chi connectivity index (χ4v) is 6.83. The summed E-state index contributed by atoms with van der Waals surface area (Å²) in [4.78, 5) is 38.0. The molecular formula is C59H96O6. The number of carbonyl (C=O) groups excluding carboxylic acids is 3. The number of esters is 3. The first-order valence-corrected chi connectivity index (χ1v) is 26.4. The minimum Gasteiger partial charge on any atom is -0.462 e. The van der Waals surface area contributed by atoms with Gasteiger partial charge in [-0.3, -0.25) is 14.4 Å². The molecule has 0 aliphatic rings. The Morgan fingerprint density at radius 2 is 0.600 bits per heavy atom. The Hall–Kier alpha value is -3.93. The largest absolute Gasteiger partial charge is 0.462 e. The smallest absolute Gasteiger partial charge is 0.306 e. The second-order valence-corrected chi connectivity index (χ2v) is 17.0. The van der Waals surface area contributed by atoms with E-state index in [1.165, 1.54) is 77.0 Å².